The van der Waals surface area contributed by atoms with Gasteiger partial charge in [-0.05, 0) is 63.4 Å². The zero-order chi connectivity index (χ0) is 20.9. The maximum atomic E-state index is 13.1. The highest BCUT2D eigenvalue weighted by Crippen LogP contribution is 2.34. The maximum absolute atomic E-state index is 13.1. The summed E-state index contributed by atoms with van der Waals surface area (Å²) < 4.78 is 45.8. The molecule has 0 bridgehead atoms. The fraction of sp³-hybridized carbons (Fsp3) is 0.600. The smallest absolute Gasteiger partial charge is 0.370 e. The SMILES string of the molecule is CCO[Si](OCC)(OCC)/C(C)=C1/CN(S(=O)(=O)c2ccc(C)cc2)CC1C. The number of nitrogens with zero attached hydrogens (tertiary/aromatic N) is 1. The molecule has 1 heterocycles. The molecule has 1 aliphatic heterocycles. The molecule has 1 aromatic rings. The molecule has 0 amide bonds. The number of sulfonamides is 1. The molecule has 158 valence electrons. The van der Waals surface area contributed by atoms with Gasteiger partial charge in [-0.15, -0.1) is 0 Å². The van der Waals surface area contributed by atoms with Crippen molar-refractivity contribution in [2.75, 3.05) is 32.9 Å². The first kappa shape index (κ1) is 23.2. The average Bonchev–Trinajstić information content (AvgIpc) is 3.04. The van der Waals surface area contributed by atoms with Crippen molar-refractivity contribution in [3.63, 3.8) is 0 Å². The Morgan fingerprint density at radius 2 is 1.57 bits per heavy atom. The number of hydrogen-bond donors (Lipinski definition) is 0. The Labute approximate surface area is 170 Å². The summed E-state index contributed by atoms with van der Waals surface area (Å²) >= 11 is 0. The first-order chi connectivity index (χ1) is 13.2. The highest BCUT2D eigenvalue weighted by atomic mass is 32.2. The number of allylic oxidation sites excluding steroid dienone is 1. The summed E-state index contributed by atoms with van der Waals surface area (Å²) in [5, 5.41) is 0.937. The summed E-state index contributed by atoms with van der Waals surface area (Å²) in [5.41, 5.74) is 2.07. The molecular weight excluding hydrogens is 394 g/mol. The van der Waals surface area contributed by atoms with E-state index in [0.29, 0.717) is 37.8 Å². The molecule has 8 heteroatoms. The van der Waals surface area contributed by atoms with Gasteiger partial charge in [-0.25, -0.2) is 8.42 Å². The van der Waals surface area contributed by atoms with Crippen LogP contribution in [0.5, 0.6) is 0 Å². The van der Waals surface area contributed by atoms with Crippen molar-refractivity contribution in [1.82, 2.24) is 4.31 Å². The zero-order valence-electron chi connectivity index (χ0n) is 17.8. The molecule has 0 radical (unpaired) electrons. The second-order valence-corrected chi connectivity index (χ2v) is 11.7. The van der Waals surface area contributed by atoms with Crippen LogP contribution in [0.1, 0.15) is 40.2 Å². The van der Waals surface area contributed by atoms with Crippen molar-refractivity contribution in [1.29, 1.82) is 0 Å². The molecule has 2 rings (SSSR count). The molecule has 0 spiro atoms. The fourth-order valence-corrected chi connectivity index (χ4v) is 7.84. The largest absolute Gasteiger partial charge is 0.532 e. The normalized spacial score (nSPS) is 20.6. The highest BCUT2D eigenvalue weighted by molar-refractivity contribution is 7.89. The van der Waals surface area contributed by atoms with Gasteiger partial charge in [-0.3, -0.25) is 0 Å². The van der Waals surface area contributed by atoms with Gasteiger partial charge in [0.1, 0.15) is 0 Å². The van der Waals surface area contributed by atoms with Gasteiger partial charge in [0.2, 0.25) is 10.0 Å². The average molecular weight is 428 g/mol. The Morgan fingerprint density at radius 3 is 2.04 bits per heavy atom. The van der Waals surface area contributed by atoms with Crippen LogP contribution in [-0.2, 0) is 23.3 Å². The molecule has 0 aliphatic carbocycles. The first-order valence-corrected chi connectivity index (χ1v) is 13.1. The molecule has 1 aromatic carbocycles. The van der Waals surface area contributed by atoms with E-state index in [2.05, 4.69) is 0 Å². The minimum Gasteiger partial charge on any atom is -0.370 e. The summed E-state index contributed by atoms with van der Waals surface area (Å²) in [6.45, 7) is 14.0. The molecule has 6 nitrogen and oxygen atoms in total. The first-order valence-electron chi connectivity index (χ1n) is 9.90. The van der Waals surface area contributed by atoms with Gasteiger partial charge in [-0.1, -0.05) is 24.6 Å². The minimum absolute atomic E-state index is 0.0773. The van der Waals surface area contributed by atoms with Crippen LogP contribution in [0, 0.1) is 12.8 Å². The predicted molar refractivity (Wildman–Crippen MR) is 112 cm³/mol. The van der Waals surface area contributed by atoms with Gasteiger partial charge in [0.25, 0.3) is 0 Å². The molecule has 0 saturated carbocycles. The Bertz CT molecular complexity index is 774. The van der Waals surface area contributed by atoms with Crippen LogP contribution in [0.25, 0.3) is 0 Å². The maximum Gasteiger partial charge on any atom is 0.532 e. The lowest BCUT2D eigenvalue weighted by atomic mass is 10.1. The van der Waals surface area contributed by atoms with E-state index in [-0.39, 0.29) is 5.92 Å². The van der Waals surface area contributed by atoms with E-state index in [9.17, 15) is 8.42 Å². The zero-order valence-corrected chi connectivity index (χ0v) is 19.6. The fourth-order valence-electron chi connectivity index (χ4n) is 3.57. The number of aryl methyl sites for hydroxylation is 1. The molecule has 1 atom stereocenters. The van der Waals surface area contributed by atoms with Crippen LogP contribution >= 0.6 is 0 Å². The number of rotatable bonds is 9. The third-order valence-corrected chi connectivity index (χ3v) is 10.1. The summed E-state index contributed by atoms with van der Waals surface area (Å²) in [7, 11) is -6.57. The van der Waals surface area contributed by atoms with Crippen LogP contribution in [-0.4, -0.2) is 54.4 Å². The minimum atomic E-state index is -3.55. The van der Waals surface area contributed by atoms with E-state index in [4.69, 9.17) is 13.3 Å². The van der Waals surface area contributed by atoms with Gasteiger partial charge < -0.3 is 13.3 Å². The Morgan fingerprint density at radius 1 is 1.07 bits per heavy atom. The number of benzene rings is 1. The van der Waals surface area contributed by atoms with Gasteiger partial charge in [0.15, 0.2) is 0 Å². The van der Waals surface area contributed by atoms with Gasteiger partial charge >= 0.3 is 8.80 Å². The van der Waals surface area contributed by atoms with Crippen LogP contribution < -0.4 is 0 Å². The third kappa shape index (κ3) is 4.75. The van der Waals surface area contributed by atoms with Crippen molar-refractivity contribution >= 4 is 18.8 Å². The Kier molecular flexibility index (Phi) is 8.01. The molecule has 1 saturated heterocycles. The lowest BCUT2D eigenvalue weighted by molar-refractivity contribution is 0.0803. The standard InChI is InChI=1S/C20H33NO5SSi/c1-7-24-28(25-8-2,26-9-3)18(6)20-15-21(14-17(20)5)27(22,23)19-12-10-16(4)11-13-19/h10-13,17H,7-9,14-15H2,1-6H3/b20-18-. The van der Waals surface area contributed by atoms with E-state index < -0.39 is 18.8 Å². The summed E-state index contributed by atoms with van der Waals surface area (Å²) in [5.74, 6) is 0.0773. The molecule has 28 heavy (non-hydrogen) atoms. The second-order valence-electron chi connectivity index (χ2n) is 7.02. The van der Waals surface area contributed by atoms with Gasteiger partial charge in [0.05, 0.1) is 4.90 Å². The van der Waals surface area contributed by atoms with E-state index in [1.54, 1.807) is 16.4 Å². The van der Waals surface area contributed by atoms with E-state index >= 15 is 0 Å². The van der Waals surface area contributed by atoms with E-state index in [0.717, 1.165) is 16.3 Å². The molecular formula is C20H33NO5SSi. The quantitative estimate of drug-likeness (QED) is 0.564. The Hall–Kier alpha value is -1.03. The summed E-state index contributed by atoms with van der Waals surface area (Å²) in [4.78, 5) is 0.326. The van der Waals surface area contributed by atoms with E-state index in [1.165, 1.54) is 0 Å². The van der Waals surface area contributed by atoms with Crippen molar-refractivity contribution in [2.45, 2.75) is 46.4 Å². The molecule has 1 aliphatic rings. The van der Waals surface area contributed by atoms with Crippen molar-refractivity contribution < 1.29 is 21.7 Å². The monoisotopic (exact) mass is 427 g/mol. The van der Waals surface area contributed by atoms with E-state index in [1.807, 2.05) is 53.7 Å². The summed E-state index contributed by atoms with van der Waals surface area (Å²) in [6, 6.07) is 6.99. The molecule has 0 N–H and O–H groups in total. The highest BCUT2D eigenvalue weighted by Gasteiger charge is 2.47. The molecule has 0 aromatic heterocycles. The van der Waals surface area contributed by atoms with Crippen LogP contribution in [0.15, 0.2) is 39.9 Å². The van der Waals surface area contributed by atoms with Crippen molar-refractivity contribution in [3.8, 4) is 0 Å². The van der Waals surface area contributed by atoms with Crippen LogP contribution in [0.3, 0.4) is 0 Å². The molecule has 1 fully saturated rings. The van der Waals surface area contributed by atoms with Gasteiger partial charge in [-0.2, -0.15) is 4.31 Å². The molecule has 1 unspecified atom stereocenters. The lowest BCUT2D eigenvalue weighted by Gasteiger charge is -2.31. The lowest BCUT2D eigenvalue weighted by Crippen LogP contribution is -2.48. The van der Waals surface area contributed by atoms with Gasteiger partial charge in [0, 0.05) is 32.9 Å². The topological polar surface area (TPSA) is 65.1 Å². The number of hydrogen-bond acceptors (Lipinski definition) is 5. The van der Waals surface area contributed by atoms with Crippen LogP contribution in [0.4, 0.5) is 0 Å². The second kappa shape index (κ2) is 9.64. The van der Waals surface area contributed by atoms with Crippen molar-refractivity contribution in [3.05, 3.63) is 40.6 Å². The summed E-state index contributed by atoms with van der Waals surface area (Å²) in [6.07, 6.45) is 0. The third-order valence-electron chi connectivity index (χ3n) is 5.02. The predicted octanol–water partition coefficient (Wildman–Crippen LogP) is 3.54. The van der Waals surface area contributed by atoms with Crippen LogP contribution in [0.2, 0.25) is 0 Å². The van der Waals surface area contributed by atoms with Crippen molar-refractivity contribution in [2.24, 2.45) is 5.92 Å². The Balaban J connectivity index is 2.40.